The maximum Gasteiger partial charge on any atom is 0.158 e. The van der Waals surface area contributed by atoms with Gasteiger partial charge in [0.25, 0.3) is 0 Å². The number of sulfone groups is 1. The van der Waals surface area contributed by atoms with E-state index in [1.165, 1.54) is 0 Å². The molecule has 0 aliphatic rings. The van der Waals surface area contributed by atoms with Gasteiger partial charge >= 0.3 is 0 Å². The molecule has 4 heteroatoms. The van der Waals surface area contributed by atoms with Crippen LogP contribution in [0.3, 0.4) is 0 Å². The minimum absolute atomic E-state index is 0.0205. The predicted octanol–water partition coefficient (Wildman–Crippen LogP) is 2.60. The lowest BCUT2D eigenvalue weighted by atomic mass is 10.2. The summed E-state index contributed by atoms with van der Waals surface area (Å²) in [5.74, 6) is 0.0725. The Morgan fingerprint density at radius 2 is 1.50 bits per heavy atom. The lowest BCUT2D eigenvalue weighted by Gasteiger charge is -2.06. The highest BCUT2D eigenvalue weighted by Gasteiger charge is 2.13. The first-order chi connectivity index (χ1) is 9.48. The monoisotopic (exact) mass is 290 g/mol. The van der Waals surface area contributed by atoms with E-state index in [0.717, 1.165) is 22.3 Å². The Bertz CT molecular complexity index is 673. The second-order valence-corrected chi connectivity index (χ2v) is 7.06. The molecule has 0 amide bonds. The van der Waals surface area contributed by atoms with Crippen molar-refractivity contribution < 1.29 is 13.5 Å². The Labute approximate surface area is 119 Å². The second kappa shape index (κ2) is 6.20. The molecular formula is C16H18O3S. The molecule has 0 aliphatic heterocycles. The molecule has 0 saturated heterocycles. The van der Waals surface area contributed by atoms with E-state index in [0.29, 0.717) is 0 Å². The first kappa shape index (κ1) is 14.8. The Kier molecular flexibility index (Phi) is 4.57. The summed E-state index contributed by atoms with van der Waals surface area (Å²) < 4.78 is 24.4. The van der Waals surface area contributed by atoms with E-state index >= 15 is 0 Å². The van der Waals surface area contributed by atoms with Crippen molar-refractivity contribution in [2.24, 2.45) is 0 Å². The number of aryl methyl sites for hydroxylation is 1. The zero-order chi connectivity index (χ0) is 14.6. The minimum atomic E-state index is -3.19. The van der Waals surface area contributed by atoms with Gasteiger partial charge in [0.05, 0.1) is 18.1 Å². The summed E-state index contributed by atoms with van der Waals surface area (Å²) in [6.07, 6.45) is 0. The van der Waals surface area contributed by atoms with Crippen LogP contribution in [0.1, 0.15) is 22.3 Å². The lowest BCUT2D eigenvalue weighted by molar-refractivity contribution is 0.282. The van der Waals surface area contributed by atoms with E-state index in [1.807, 2.05) is 31.2 Å². The predicted molar refractivity (Wildman–Crippen MR) is 79.9 cm³/mol. The van der Waals surface area contributed by atoms with E-state index in [9.17, 15) is 8.42 Å². The minimum Gasteiger partial charge on any atom is -0.392 e. The van der Waals surface area contributed by atoms with Crippen molar-refractivity contribution in [2.45, 2.75) is 25.0 Å². The van der Waals surface area contributed by atoms with E-state index in [4.69, 9.17) is 5.11 Å². The van der Waals surface area contributed by atoms with Crippen LogP contribution in [-0.2, 0) is 27.9 Å². The first-order valence-electron chi connectivity index (χ1n) is 6.43. The molecule has 2 aromatic rings. The number of benzene rings is 2. The summed E-state index contributed by atoms with van der Waals surface area (Å²) >= 11 is 0. The van der Waals surface area contributed by atoms with Crippen LogP contribution in [-0.4, -0.2) is 13.5 Å². The summed E-state index contributed by atoms with van der Waals surface area (Å²) in [4.78, 5) is 0. The van der Waals surface area contributed by atoms with Crippen LogP contribution < -0.4 is 0 Å². The molecule has 106 valence electrons. The molecule has 0 aliphatic carbocycles. The number of hydrogen-bond acceptors (Lipinski definition) is 3. The van der Waals surface area contributed by atoms with Crippen molar-refractivity contribution in [3.63, 3.8) is 0 Å². The SMILES string of the molecule is Cc1cccc(CS(=O)(=O)Cc2ccc(CO)cc2)c1. The zero-order valence-corrected chi connectivity index (χ0v) is 12.2. The van der Waals surface area contributed by atoms with Crippen molar-refractivity contribution in [3.8, 4) is 0 Å². The molecule has 1 N–H and O–H groups in total. The zero-order valence-electron chi connectivity index (χ0n) is 11.4. The molecule has 0 atom stereocenters. The molecule has 0 fully saturated rings. The van der Waals surface area contributed by atoms with Gasteiger partial charge in [0.1, 0.15) is 0 Å². The van der Waals surface area contributed by atoms with Gasteiger partial charge in [-0.25, -0.2) is 8.42 Å². The van der Waals surface area contributed by atoms with Gasteiger partial charge in [0.15, 0.2) is 9.84 Å². The van der Waals surface area contributed by atoms with Crippen molar-refractivity contribution in [2.75, 3.05) is 0 Å². The fourth-order valence-electron chi connectivity index (χ4n) is 2.10. The van der Waals surface area contributed by atoms with Gasteiger partial charge in [-0.15, -0.1) is 0 Å². The third kappa shape index (κ3) is 4.18. The van der Waals surface area contributed by atoms with Gasteiger partial charge in [-0.1, -0.05) is 54.1 Å². The Morgan fingerprint density at radius 1 is 0.900 bits per heavy atom. The van der Waals surface area contributed by atoms with E-state index in [1.54, 1.807) is 24.3 Å². The number of hydrogen-bond donors (Lipinski definition) is 1. The third-order valence-electron chi connectivity index (χ3n) is 3.06. The molecule has 0 saturated carbocycles. The summed E-state index contributed by atoms with van der Waals surface area (Å²) in [6, 6.07) is 14.5. The summed E-state index contributed by atoms with van der Waals surface area (Å²) in [7, 11) is -3.19. The molecule has 2 rings (SSSR count). The van der Waals surface area contributed by atoms with Gasteiger partial charge in [-0.2, -0.15) is 0 Å². The van der Waals surface area contributed by atoms with Gasteiger partial charge in [0, 0.05) is 0 Å². The fourth-order valence-corrected chi connectivity index (χ4v) is 3.59. The normalized spacial score (nSPS) is 11.5. The highest BCUT2D eigenvalue weighted by molar-refractivity contribution is 7.89. The topological polar surface area (TPSA) is 54.4 Å². The van der Waals surface area contributed by atoms with E-state index in [-0.39, 0.29) is 18.1 Å². The summed E-state index contributed by atoms with van der Waals surface area (Å²) in [6.45, 7) is 1.92. The standard InChI is InChI=1S/C16H18O3S/c1-13-3-2-4-16(9-13)12-20(18,19)11-15-7-5-14(10-17)6-8-15/h2-9,17H,10-12H2,1H3. The molecule has 0 heterocycles. The lowest BCUT2D eigenvalue weighted by Crippen LogP contribution is -2.07. The van der Waals surface area contributed by atoms with Crippen molar-refractivity contribution in [3.05, 3.63) is 70.8 Å². The van der Waals surface area contributed by atoms with Crippen molar-refractivity contribution >= 4 is 9.84 Å². The van der Waals surface area contributed by atoms with Crippen LogP contribution in [0.15, 0.2) is 48.5 Å². The molecule has 3 nitrogen and oxygen atoms in total. The average Bonchev–Trinajstić information content (AvgIpc) is 2.38. The van der Waals surface area contributed by atoms with Crippen LogP contribution in [0.5, 0.6) is 0 Å². The fraction of sp³-hybridized carbons (Fsp3) is 0.250. The average molecular weight is 290 g/mol. The second-order valence-electron chi connectivity index (χ2n) is 5.00. The van der Waals surface area contributed by atoms with Crippen molar-refractivity contribution in [1.29, 1.82) is 0 Å². The number of rotatable bonds is 5. The van der Waals surface area contributed by atoms with Gasteiger partial charge < -0.3 is 5.11 Å². The van der Waals surface area contributed by atoms with Crippen molar-refractivity contribution in [1.82, 2.24) is 0 Å². The van der Waals surface area contributed by atoms with Crippen LogP contribution in [0, 0.1) is 6.92 Å². The van der Waals surface area contributed by atoms with Crippen LogP contribution >= 0.6 is 0 Å². The maximum absolute atomic E-state index is 12.2. The molecular weight excluding hydrogens is 272 g/mol. The van der Waals surface area contributed by atoms with Gasteiger partial charge in [0.2, 0.25) is 0 Å². The van der Waals surface area contributed by atoms with E-state index < -0.39 is 9.84 Å². The number of aliphatic hydroxyl groups is 1. The number of aliphatic hydroxyl groups excluding tert-OH is 1. The van der Waals surface area contributed by atoms with Gasteiger partial charge in [-0.05, 0) is 23.6 Å². The summed E-state index contributed by atoms with van der Waals surface area (Å²) in [5, 5.41) is 8.96. The Balaban J connectivity index is 2.10. The van der Waals surface area contributed by atoms with Crippen LogP contribution in [0.2, 0.25) is 0 Å². The Hall–Kier alpha value is -1.65. The van der Waals surface area contributed by atoms with Gasteiger partial charge in [-0.3, -0.25) is 0 Å². The third-order valence-corrected chi connectivity index (χ3v) is 4.61. The maximum atomic E-state index is 12.2. The quantitative estimate of drug-likeness (QED) is 0.921. The smallest absolute Gasteiger partial charge is 0.158 e. The Morgan fingerprint density at radius 3 is 2.10 bits per heavy atom. The molecule has 0 bridgehead atoms. The molecule has 2 aromatic carbocycles. The molecule has 0 unspecified atom stereocenters. The molecule has 0 aromatic heterocycles. The largest absolute Gasteiger partial charge is 0.392 e. The molecule has 0 spiro atoms. The highest BCUT2D eigenvalue weighted by Crippen LogP contribution is 2.14. The van der Waals surface area contributed by atoms with Crippen LogP contribution in [0.4, 0.5) is 0 Å². The summed E-state index contributed by atoms with van der Waals surface area (Å²) in [5.41, 5.74) is 3.40. The highest BCUT2D eigenvalue weighted by atomic mass is 32.2. The molecule has 20 heavy (non-hydrogen) atoms. The first-order valence-corrected chi connectivity index (χ1v) is 8.25. The molecule has 0 radical (unpaired) electrons. The van der Waals surface area contributed by atoms with E-state index in [2.05, 4.69) is 0 Å². The van der Waals surface area contributed by atoms with Crippen LogP contribution in [0.25, 0.3) is 0 Å².